The highest BCUT2D eigenvalue weighted by atomic mass is 19.4. The van der Waals surface area contributed by atoms with Crippen molar-refractivity contribution in [3.63, 3.8) is 0 Å². The maximum Gasteiger partial charge on any atom is 0.430 e. The fourth-order valence-corrected chi connectivity index (χ4v) is 7.85. The number of amides is 3. The second kappa shape index (κ2) is 16.8. The highest BCUT2D eigenvalue weighted by molar-refractivity contribution is 6.21. The summed E-state index contributed by atoms with van der Waals surface area (Å²) in [5.41, 5.74) is -35.0. The molecule has 0 radical (unpaired) electrons. The second-order valence-electron chi connectivity index (χ2n) is 16.6. The van der Waals surface area contributed by atoms with Crippen LogP contribution in [0.4, 0.5) is 84.7 Å². The van der Waals surface area contributed by atoms with Gasteiger partial charge in [-0.2, -0.15) is 79.0 Å². The monoisotopic (exact) mass is 1010 g/mol. The topological polar surface area (TPSA) is 124 Å². The lowest BCUT2D eigenvalue weighted by Crippen LogP contribution is -2.55. The van der Waals surface area contributed by atoms with Crippen molar-refractivity contribution in [2.45, 2.75) is 86.3 Å². The van der Waals surface area contributed by atoms with E-state index in [9.17, 15) is 82.1 Å². The molecule has 69 heavy (non-hydrogen) atoms. The Balaban J connectivity index is 1.77. The third-order valence-corrected chi connectivity index (χ3v) is 11.3. The molecule has 0 aromatic heterocycles. The number of anilines is 1. The largest absolute Gasteiger partial charge is 0.430 e. The Bertz CT molecular complexity index is 2680. The number of alkyl halides is 18. The zero-order valence-electron chi connectivity index (χ0n) is 35.0. The number of aliphatic hydroxyl groups is 2. The van der Waals surface area contributed by atoms with Crippen molar-refractivity contribution in [2.75, 3.05) is 11.9 Å². The van der Waals surface area contributed by atoms with E-state index in [2.05, 4.69) is 0 Å². The van der Waals surface area contributed by atoms with Crippen LogP contribution in [0.25, 0.3) is 0 Å². The van der Waals surface area contributed by atoms with Gasteiger partial charge in [-0.25, -0.2) is 0 Å². The molecule has 26 heteroatoms. The molecule has 0 saturated heterocycles. The van der Waals surface area contributed by atoms with Crippen molar-refractivity contribution < 1.29 is 108 Å². The lowest BCUT2D eigenvalue weighted by atomic mass is 9.71. The molecule has 5 rings (SSSR count). The number of rotatable bonds is 9. The van der Waals surface area contributed by atoms with Crippen LogP contribution in [0.3, 0.4) is 0 Å². The summed E-state index contributed by atoms with van der Waals surface area (Å²) in [6, 6.07) is 2.77. The van der Waals surface area contributed by atoms with E-state index in [4.69, 9.17) is 0 Å². The van der Waals surface area contributed by atoms with Gasteiger partial charge >= 0.3 is 37.1 Å². The minimum Gasteiger partial charge on any atom is -0.369 e. The Hall–Kier alpha value is -6.18. The SMILES string of the molecule is CN(C(=O)c1cc(C(c2ccc3c(c2)C(=O)NC3=O)(C(F)(F)F)C(F)(F)F)ccc1C=O)c1ccc(Cc2ccc(C(C)(C)C)c(C(O)(C(F)(F)F)C(F)(F)F)c2)cc1C(O)(C(F)(F)F)C(F)(F)F. The van der Waals surface area contributed by atoms with Crippen LogP contribution in [0.5, 0.6) is 0 Å². The van der Waals surface area contributed by atoms with Crippen molar-refractivity contribution in [1.29, 1.82) is 0 Å². The predicted molar refractivity (Wildman–Crippen MR) is 202 cm³/mol. The van der Waals surface area contributed by atoms with Gasteiger partial charge in [-0.15, -0.1) is 0 Å². The van der Waals surface area contributed by atoms with Gasteiger partial charge in [-0.05, 0) is 70.0 Å². The van der Waals surface area contributed by atoms with Crippen LogP contribution in [0.2, 0.25) is 0 Å². The number of aldehydes is 1. The summed E-state index contributed by atoms with van der Waals surface area (Å²) in [5, 5.41) is 22.6. The summed E-state index contributed by atoms with van der Waals surface area (Å²) >= 11 is 0. The van der Waals surface area contributed by atoms with Gasteiger partial charge in [0.1, 0.15) is 0 Å². The molecule has 0 aliphatic carbocycles. The quantitative estimate of drug-likeness (QED) is 0.0872. The smallest absolute Gasteiger partial charge is 0.369 e. The molecule has 3 N–H and O–H groups in total. The fourth-order valence-electron chi connectivity index (χ4n) is 7.85. The lowest BCUT2D eigenvalue weighted by molar-refractivity contribution is -0.376. The Kier molecular flexibility index (Phi) is 13.1. The van der Waals surface area contributed by atoms with Crippen molar-refractivity contribution in [3.05, 3.63) is 134 Å². The fraction of sp³-hybridized carbons (Fsp3) is 0.349. The first kappa shape index (κ1) is 53.8. The van der Waals surface area contributed by atoms with Gasteiger partial charge in [0, 0.05) is 23.7 Å². The summed E-state index contributed by atoms with van der Waals surface area (Å²) in [6.45, 7) is 3.40. The number of hydrogen-bond acceptors (Lipinski definition) is 6. The Labute approximate surface area is 375 Å². The maximum atomic E-state index is 15.2. The first-order valence-corrected chi connectivity index (χ1v) is 19.0. The second-order valence-corrected chi connectivity index (χ2v) is 16.6. The summed E-state index contributed by atoms with van der Waals surface area (Å²) < 4.78 is 263. The van der Waals surface area contributed by atoms with Gasteiger partial charge in [0.25, 0.3) is 28.9 Å². The van der Waals surface area contributed by atoms with E-state index in [0.29, 0.717) is 25.2 Å². The predicted octanol–water partition coefficient (Wildman–Crippen LogP) is 10.6. The lowest BCUT2D eigenvalue weighted by Gasteiger charge is -2.39. The van der Waals surface area contributed by atoms with E-state index in [1.807, 2.05) is 0 Å². The molecule has 0 spiro atoms. The number of carbonyl (C=O) groups is 4. The number of benzene rings is 4. The summed E-state index contributed by atoms with van der Waals surface area (Å²) in [7, 11) is 0.304. The molecule has 0 unspecified atom stereocenters. The van der Waals surface area contributed by atoms with Crippen molar-refractivity contribution in [2.24, 2.45) is 0 Å². The number of hydrogen-bond donors (Lipinski definition) is 3. The van der Waals surface area contributed by atoms with E-state index >= 15 is 26.3 Å². The average Bonchev–Trinajstić information content (AvgIpc) is 3.48. The van der Waals surface area contributed by atoms with Gasteiger partial charge in [0.05, 0.1) is 22.4 Å². The molecule has 0 bridgehead atoms. The highest BCUT2D eigenvalue weighted by Crippen LogP contribution is 2.58. The molecule has 8 nitrogen and oxygen atoms in total. The maximum absolute atomic E-state index is 15.2. The van der Waals surface area contributed by atoms with E-state index < -0.39 is 150 Å². The minimum absolute atomic E-state index is 0.0376. The van der Waals surface area contributed by atoms with E-state index in [0.717, 1.165) is 26.8 Å². The van der Waals surface area contributed by atoms with E-state index in [-0.39, 0.29) is 59.7 Å². The van der Waals surface area contributed by atoms with Crippen LogP contribution in [0.1, 0.15) is 101 Å². The molecule has 4 aromatic carbocycles. The van der Waals surface area contributed by atoms with Crippen LogP contribution in [0, 0.1) is 0 Å². The number of nitrogens with one attached hydrogen (secondary N) is 1. The van der Waals surface area contributed by atoms with Crippen LogP contribution in [-0.4, -0.2) is 78.3 Å². The van der Waals surface area contributed by atoms with Crippen LogP contribution < -0.4 is 10.2 Å². The molecule has 1 aliphatic rings. The molecular weight excluding hydrogens is 982 g/mol. The first-order valence-electron chi connectivity index (χ1n) is 19.0. The summed E-state index contributed by atoms with van der Waals surface area (Å²) in [6.07, 6.45) is -41.2. The molecule has 1 heterocycles. The van der Waals surface area contributed by atoms with Gasteiger partial charge in [0.15, 0.2) is 6.29 Å². The first-order chi connectivity index (χ1) is 31.0. The zero-order chi connectivity index (χ0) is 52.8. The van der Waals surface area contributed by atoms with Crippen LogP contribution in [-0.2, 0) is 28.5 Å². The number of halogens is 18. The van der Waals surface area contributed by atoms with Gasteiger partial charge in [-0.1, -0.05) is 63.2 Å². The summed E-state index contributed by atoms with van der Waals surface area (Å²) in [4.78, 5) is 50.3. The molecule has 0 saturated carbocycles. The Morgan fingerprint density at radius 2 is 0.986 bits per heavy atom. The summed E-state index contributed by atoms with van der Waals surface area (Å²) in [5.74, 6) is -4.75. The van der Waals surface area contributed by atoms with Crippen LogP contribution >= 0.6 is 0 Å². The van der Waals surface area contributed by atoms with Crippen molar-refractivity contribution in [3.8, 4) is 0 Å². The normalized spacial score (nSPS) is 14.7. The van der Waals surface area contributed by atoms with Gasteiger partial charge in [0.2, 0.25) is 5.41 Å². The molecule has 1 aliphatic heterocycles. The van der Waals surface area contributed by atoms with Gasteiger partial charge < -0.3 is 15.1 Å². The van der Waals surface area contributed by atoms with E-state index in [1.165, 1.54) is 0 Å². The molecular formula is C43H30F18N2O6. The molecule has 3 amide bonds. The third-order valence-electron chi connectivity index (χ3n) is 11.3. The number of fused-ring (bicyclic) bond motifs is 1. The minimum atomic E-state index is -6.84. The van der Waals surface area contributed by atoms with Gasteiger partial charge in [-0.3, -0.25) is 24.5 Å². The van der Waals surface area contributed by atoms with Crippen LogP contribution in [0.15, 0.2) is 72.8 Å². The van der Waals surface area contributed by atoms with Crippen molar-refractivity contribution in [1.82, 2.24) is 5.32 Å². The zero-order valence-corrected chi connectivity index (χ0v) is 35.0. The molecule has 0 fully saturated rings. The molecule has 0 atom stereocenters. The molecule has 374 valence electrons. The number of imide groups is 1. The van der Waals surface area contributed by atoms with Crippen molar-refractivity contribution >= 4 is 29.7 Å². The standard InChI is InChI=1S/C43H30F18N2O6/c1-34(2,3)27-11-5-19(14-28(27)36(68,40(50,51)52)41(53,54)55)13-20-6-12-30(29(15-20)37(69,42(56,57)58)43(59,60)61)63(4)33(67)25-16-22(8-7-21(25)18-64)35(38(44,45)46,39(47,48)49)23-9-10-24-26(17-23)32(66)62-31(24)65/h5-12,14-18,68-69H,13H2,1-4H3,(H,62,65,66). The molecule has 4 aromatic rings. The number of carbonyl (C=O) groups excluding carboxylic acids is 4. The number of nitrogens with zero attached hydrogens (tertiary/aromatic N) is 1. The Morgan fingerprint density at radius 3 is 1.45 bits per heavy atom. The third kappa shape index (κ3) is 8.66. The Morgan fingerprint density at radius 1 is 0.551 bits per heavy atom. The average molecular weight is 1010 g/mol. The highest BCUT2D eigenvalue weighted by Gasteiger charge is 2.75. The van der Waals surface area contributed by atoms with E-state index in [1.54, 1.807) is 5.32 Å².